The first-order valence-electron chi connectivity index (χ1n) is 10.2. The van der Waals surface area contributed by atoms with Crippen LogP contribution in [0.2, 0.25) is 0 Å². The van der Waals surface area contributed by atoms with Crippen LogP contribution in [-0.2, 0) is 0 Å². The van der Waals surface area contributed by atoms with Gasteiger partial charge in [-0.2, -0.15) is 0 Å². The zero-order chi connectivity index (χ0) is 21.0. The highest BCUT2D eigenvalue weighted by Crippen LogP contribution is 2.33. The fraction of sp³-hybridized carbons (Fsp3) is 0.304. The first-order chi connectivity index (χ1) is 14.4. The van der Waals surface area contributed by atoms with Gasteiger partial charge in [-0.15, -0.1) is 0 Å². The third-order valence-electron chi connectivity index (χ3n) is 5.93. The van der Waals surface area contributed by atoms with Gasteiger partial charge in [-0.3, -0.25) is 14.2 Å². The van der Waals surface area contributed by atoms with Gasteiger partial charge in [0.2, 0.25) is 0 Å². The SMILES string of the molecule is CC(=O)c1cc2cc(-c3nc(N)c4c(C)cc(=O)n(C5CCCC5)c4n3)ccc2o1. The molecular weight excluding hydrogens is 380 g/mol. The normalized spacial score (nSPS) is 14.7. The Morgan fingerprint density at radius 2 is 1.93 bits per heavy atom. The smallest absolute Gasteiger partial charge is 0.252 e. The number of carbonyl (C=O) groups is 1. The lowest BCUT2D eigenvalue weighted by Crippen LogP contribution is -2.25. The molecule has 7 heteroatoms. The van der Waals surface area contributed by atoms with Crippen molar-refractivity contribution in [2.45, 2.75) is 45.6 Å². The molecule has 7 nitrogen and oxygen atoms in total. The summed E-state index contributed by atoms with van der Waals surface area (Å²) in [7, 11) is 0. The Bertz CT molecular complexity index is 1380. The predicted molar refractivity (Wildman–Crippen MR) is 116 cm³/mol. The average molecular weight is 402 g/mol. The van der Waals surface area contributed by atoms with Gasteiger partial charge < -0.3 is 10.2 Å². The Labute approximate surface area is 172 Å². The van der Waals surface area contributed by atoms with Crippen molar-refractivity contribution in [3.05, 3.63) is 52.0 Å². The number of Topliss-reactive ketones (excluding diaryl/α,β-unsaturated/α-hetero) is 1. The first-order valence-corrected chi connectivity index (χ1v) is 10.2. The molecule has 0 amide bonds. The van der Waals surface area contributed by atoms with Crippen molar-refractivity contribution in [3.8, 4) is 11.4 Å². The Hall–Kier alpha value is -3.48. The van der Waals surface area contributed by atoms with Crippen molar-refractivity contribution in [2.75, 3.05) is 5.73 Å². The minimum absolute atomic E-state index is 0.0488. The van der Waals surface area contributed by atoms with Crippen LogP contribution in [0.4, 0.5) is 5.82 Å². The molecule has 0 unspecified atom stereocenters. The van der Waals surface area contributed by atoms with Crippen LogP contribution in [0.5, 0.6) is 0 Å². The van der Waals surface area contributed by atoms with Crippen LogP contribution >= 0.6 is 0 Å². The Morgan fingerprint density at radius 3 is 2.67 bits per heavy atom. The van der Waals surface area contributed by atoms with E-state index in [4.69, 9.17) is 15.1 Å². The van der Waals surface area contributed by atoms with Gasteiger partial charge >= 0.3 is 0 Å². The van der Waals surface area contributed by atoms with E-state index in [9.17, 15) is 9.59 Å². The quantitative estimate of drug-likeness (QED) is 0.509. The van der Waals surface area contributed by atoms with Crippen LogP contribution in [0.3, 0.4) is 0 Å². The third-order valence-corrected chi connectivity index (χ3v) is 5.93. The molecule has 0 spiro atoms. The van der Waals surface area contributed by atoms with Crippen molar-refractivity contribution >= 4 is 33.6 Å². The van der Waals surface area contributed by atoms with Crippen LogP contribution in [-0.4, -0.2) is 20.3 Å². The number of nitrogen functional groups attached to an aromatic ring is 1. The second-order valence-corrected chi connectivity index (χ2v) is 8.02. The van der Waals surface area contributed by atoms with Gasteiger partial charge in [-0.1, -0.05) is 12.8 Å². The van der Waals surface area contributed by atoms with Gasteiger partial charge in [-0.05, 0) is 49.6 Å². The van der Waals surface area contributed by atoms with Gasteiger partial charge in [0.15, 0.2) is 17.4 Å². The number of hydrogen-bond acceptors (Lipinski definition) is 6. The molecule has 1 aliphatic carbocycles. The number of benzene rings is 1. The van der Waals surface area contributed by atoms with Crippen molar-refractivity contribution in [3.63, 3.8) is 0 Å². The Balaban J connectivity index is 1.74. The molecule has 5 rings (SSSR count). The summed E-state index contributed by atoms with van der Waals surface area (Å²) in [4.78, 5) is 33.8. The number of furan rings is 1. The lowest BCUT2D eigenvalue weighted by molar-refractivity contribution is 0.0989. The summed E-state index contributed by atoms with van der Waals surface area (Å²) in [6, 6.07) is 8.98. The molecule has 0 saturated heterocycles. The highest BCUT2D eigenvalue weighted by Gasteiger charge is 2.23. The van der Waals surface area contributed by atoms with Crippen molar-refractivity contribution < 1.29 is 9.21 Å². The lowest BCUT2D eigenvalue weighted by atomic mass is 10.1. The second kappa shape index (κ2) is 6.79. The molecule has 0 atom stereocenters. The molecule has 0 aliphatic heterocycles. The Morgan fingerprint density at radius 1 is 1.17 bits per heavy atom. The van der Waals surface area contributed by atoms with Gasteiger partial charge in [-0.25, -0.2) is 9.97 Å². The number of aromatic nitrogens is 3. The van der Waals surface area contributed by atoms with Crippen LogP contribution in [0.1, 0.15) is 54.8 Å². The largest absolute Gasteiger partial charge is 0.453 e. The second-order valence-electron chi connectivity index (χ2n) is 8.02. The van der Waals surface area contributed by atoms with Gasteiger partial charge in [0.05, 0.1) is 5.39 Å². The fourth-order valence-corrected chi connectivity index (χ4v) is 4.45. The summed E-state index contributed by atoms with van der Waals surface area (Å²) < 4.78 is 7.36. The molecule has 2 N–H and O–H groups in total. The number of carbonyl (C=O) groups excluding carboxylic acids is 1. The minimum atomic E-state index is -0.130. The summed E-state index contributed by atoms with van der Waals surface area (Å²) >= 11 is 0. The van der Waals surface area contributed by atoms with Crippen molar-refractivity contribution in [1.82, 2.24) is 14.5 Å². The molecule has 30 heavy (non-hydrogen) atoms. The van der Waals surface area contributed by atoms with E-state index in [0.29, 0.717) is 28.6 Å². The van der Waals surface area contributed by atoms with Crippen LogP contribution in [0, 0.1) is 6.92 Å². The molecule has 0 bridgehead atoms. The number of anilines is 1. The molecule has 1 aliphatic rings. The van der Waals surface area contributed by atoms with Crippen molar-refractivity contribution in [2.24, 2.45) is 0 Å². The zero-order valence-corrected chi connectivity index (χ0v) is 16.9. The van der Waals surface area contributed by atoms with E-state index in [1.165, 1.54) is 6.92 Å². The number of ketones is 1. The monoisotopic (exact) mass is 402 g/mol. The van der Waals surface area contributed by atoms with Gasteiger partial charge in [0, 0.05) is 30.0 Å². The first kappa shape index (κ1) is 18.5. The Kier molecular flexibility index (Phi) is 4.20. The summed E-state index contributed by atoms with van der Waals surface area (Å²) in [5.74, 6) is 0.988. The lowest BCUT2D eigenvalue weighted by Gasteiger charge is -2.18. The van der Waals surface area contributed by atoms with Gasteiger partial charge in [0.25, 0.3) is 5.56 Å². The molecule has 1 saturated carbocycles. The standard InChI is InChI=1S/C23H22N4O3/c1-12-9-19(29)27(16-5-3-4-6-16)23-20(12)21(24)25-22(26-23)14-7-8-17-15(10-14)11-18(30-17)13(2)28/h7-11,16H,3-6H2,1-2H3,(H2,24,25,26). The van der Waals surface area contributed by atoms with Crippen molar-refractivity contribution in [1.29, 1.82) is 0 Å². The minimum Gasteiger partial charge on any atom is -0.453 e. The van der Waals surface area contributed by atoms with Crippen LogP contribution in [0.15, 0.2) is 39.5 Å². The predicted octanol–water partition coefficient (Wildman–Crippen LogP) is 4.41. The van der Waals surface area contributed by atoms with E-state index in [1.54, 1.807) is 22.8 Å². The molecule has 1 fully saturated rings. The summed E-state index contributed by atoms with van der Waals surface area (Å²) in [6.45, 7) is 3.33. The van der Waals surface area contributed by atoms with E-state index < -0.39 is 0 Å². The molecule has 1 aromatic carbocycles. The molecule has 0 radical (unpaired) electrons. The fourth-order valence-electron chi connectivity index (χ4n) is 4.45. The summed E-state index contributed by atoms with van der Waals surface area (Å²) in [5.41, 5.74) is 9.03. The van der Waals surface area contributed by atoms with Crippen LogP contribution in [0.25, 0.3) is 33.4 Å². The number of nitrogens with two attached hydrogens (primary N) is 1. The topological polar surface area (TPSA) is 104 Å². The van der Waals surface area contributed by atoms with E-state index in [0.717, 1.165) is 47.6 Å². The van der Waals surface area contributed by atoms with E-state index >= 15 is 0 Å². The average Bonchev–Trinajstić information content (AvgIpc) is 3.36. The maximum atomic E-state index is 12.9. The highest BCUT2D eigenvalue weighted by atomic mass is 16.3. The van der Waals surface area contributed by atoms with Gasteiger partial charge in [0.1, 0.15) is 17.0 Å². The number of aryl methyl sites for hydroxylation is 1. The van der Waals surface area contributed by atoms with E-state index in [2.05, 4.69) is 4.98 Å². The summed E-state index contributed by atoms with van der Waals surface area (Å²) in [6.07, 6.45) is 4.14. The number of fused-ring (bicyclic) bond motifs is 2. The number of hydrogen-bond donors (Lipinski definition) is 1. The number of pyridine rings is 1. The maximum Gasteiger partial charge on any atom is 0.252 e. The molecule has 152 valence electrons. The number of nitrogens with zero attached hydrogens (tertiary/aromatic N) is 3. The zero-order valence-electron chi connectivity index (χ0n) is 16.9. The summed E-state index contributed by atoms with van der Waals surface area (Å²) in [5, 5.41) is 1.52. The molecule has 3 aromatic heterocycles. The number of rotatable bonds is 3. The molecular formula is C23H22N4O3. The van der Waals surface area contributed by atoms with Crippen LogP contribution < -0.4 is 11.3 Å². The molecule has 4 aromatic rings. The third kappa shape index (κ3) is 2.89. The maximum absolute atomic E-state index is 12.9. The highest BCUT2D eigenvalue weighted by molar-refractivity contribution is 5.97. The molecule has 3 heterocycles. The van der Waals surface area contributed by atoms with E-state index in [1.807, 2.05) is 19.1 Å². The van der Waals surface area contributed by atoms with E-state index in [-0.39, 0.29) is 17.4 Å².